The topological polar surface area (TPSA) is 55.5 Å². The minimum absolute atomic E-state index is 0.0314. The van der Waals surface area contributed by atoms with Crippen molar-refractivity contribution in [3.05, 3.63) is 58.1 Å². The summed E-state index contributed by atoms with van der Waals surface area (Å²) in [6, 6.07) is 13.0. The van der Waals surface area contributed by atoms with E-state index in [0.29, 0.717) is 0 Å². The van der Waals surface area contributed by atoms with Gasteiger partial charge in [-0.05, 0) is 42.8 Å². The summed E-state index contributed by atoms with van der Waals surface area (Å²) in [5, 5.41) is 9.00. The zero-order valence-electron chi connectivity index (χ0n) is 10.6. The molecule has 0 saturated heterocycles. The summed E-state index contributed by atoms with van der Waals surface area (Å²) in [7, 11) is 0. The number of hydrogen-bond acceptors (Lipinski definition) is 3. The number of rotatable bonds is 4. The fourth-order valence-corrected chi connectivity index (χ4v) is 2.14. The van der Waals surface area contributed by atoms with E-state index in [1.54, 1.807) is 0 Å². The van der Waals surface area contributed by atoms with Crippen LogP contribution in [0, 0.1) is 0 Å². The predicted molar refractivity (Wildman–Crippen MR) is 79.2 cm³/mol. The Hall–Kier alpha value is -1.36. The Kier molecular flexibility index (Phi) is 4.58. The maximum absolute atomic E-state index is 9.00. The van der Waals surface area contributed by atoms with Crippen LogP contribution in [0.1, 0.15) is 24.1 Å². The number of ether oxygens (including phenoxy) is 1. The van der Waals surface area contributed by atoms with E-state index >= 15 is 0 Å². The number of hydrogen-bond donors (Lipinski definition) is 2. The molecule has 0 fully saturated rings. The van der Waals surface area contributed by atoms with Crippen molar-refractivity contribution < 1.29 is 9.84 Å². The molecular weight excluding hydrogens is 306 g/mol. The predicted octanol–water partition coefficient (Wildman–Crippen LogP) is 3.75. The standard InChI is InChI=1S/C15H16BrNO2/c1-10(17)14-8-12(16)4-7-15(14)19-13-5-2-11(9-18)3-6-13/h2-8,10,18H,9,17H2,1H3. The minimum Gasteiger partial charge on any atom is -0.457 e. The van der Waals surface area contributed by atoms with Gasteiger partial charge in [0, 0.05) is 16.1 Å². The van der Waals surface area contributed by atoms with Crippen molar-refractivity contribution in [2.45, 2.75) is 19.6 Å². The third-order valence-corrected chi connectivity index (χ3v) is 3.29. The summed E-state index contributed by atoms with van der Waals surface area (Å²) >= 11 is 3.43. The number of nitrogens with two attached hydrogens (primary N) is 1. The van der Waals surface area contributed by atoms with E-state index in [9.17, 15) is 0 Å². The molecule has 3 N–H and O–H groups in total. The van der Waals surface area contributed by atoms with Crippen LogP contribution in [0.3, 0.4) is 0 Å². The summed E-state index contributed by atoms with van der Waals surface area (Å²) < 4.78 is 6.82. The first kappa shape index (κ1) is 14.1. The van der Waals surface area contributed by atoms with Gasteiger partial charge in [-0.3, -0.25) is 0 Å². The van der Waals surface area contributed by atoms with E-state index in [4.69, 9.17) is 15.6 Å². The summed E-state index contributed by atoms with van der Waals surface area (Å²) in [6.45, 7) is 1.95. The Labute approximate surface area is 121 Å². The van der Waals surface area contributed by atoms with Gasteiger partial charge < -0.3 is 15.6 Å². The van der Waals surface area contributed by atoms with Gasteiger partial charge in [0.15, 0.2) is 0 Å². The van der Waals surface area contributed by atoms with E-state index < -0.39 is 0 Å². The molecule has 0 radical (unpaired) electrons. The summed E-state index contributed by atoms with van der Waals surface area (Å²) in [6.07, 6.45) is 0. The van der Waals surface area contributed by atoms with Crippen LogP contribution in [0.5, 0.6) is 11.5 Å². The Morgan fingerprint density at radius 1 is 1.21 bits per heavy atom. The number of benzene rings is 2. The SMILES string of the molecule is CC(N)c1cc(Br)ccc1Oc1ccc(CO)cc1. The van der Waals surface area contributed by atoms with Gasteiger partial charge in [0.05, 0.1) is 6.61 Å². The van der Waals surface area contributed by atoms with Crippen LogP contribution < -0.4 is 10.5 Å². The molecule has 2 aromatic carbocycles. The lowest BCUT2D eigenvalue weighted by molar-refractivity contribution is 0.281. The molecule has 100 valence electrons. The maximum atomic E-state index is 9.00. The average Bonchev–Trinajstić information content (AvgIpc) is 2.41. The van der Waals surface area contributed by atoms with E-state index in [-0.39, 0.29) is 12.6 Å². The fourth-order valence-electron chi connectivity index (χ4n) is 1.76. The van der Waals surface area contributed by atoms with E-state index in [0.717, 1.165) is 27.1 Å². The van der Waals surface area contributed by atoms with Crippen molar-refractivity contribution in [1.82, 2.24) is 0 Å². The fraction of sp³-hybridized carbons (Fsp3) is 0.200. The number of aliphatic hydroxyl groups excluding tert-OH is 1. The first-order valence-electron chi connectivity index (χ1n) is 6.03. The first-order chi connectivity index (χ1) is 9.10. The molecule has 19 heavy (non-hydrogen) atoms. The monoisotopic (exact) mass is 321 g/mol. The van der Waals surface area contributed by atoms with Gasteiger partial charge >= 0.3 is 0 Å². The van der Waals surface area contributed by atoms with Gasteiger partial charge in [0.25, 0.3) is 0 Å². The van der Waals surface area contributed by atoms with Gasteiger partial charge in [-0.1, -0.05) is 28.1 Å². The second-order valence-electron chi connectivity index (χ2n) is 4.37. The highest BCUT2D eigenvalue weighted by Crippen LogP contribution is 2.31. The van der Waals surface area contributed by atoms with E-state index in [1.807, 2.05) is 49.4 Å². The molecule has 0 heterocycles. The lowest BCUT2D eigenvalue weighted by Crippen LogP contribution is -2.06. The van der Waals surface area contributed by atoms with Crippen LogP contribution >= 0.6 is 15.9 Å². The van der Waals surface area contributed by atoms with Gasteiger partial charge in [-0.25, -0.2) is 0 Å². The molecule has 0 aliphatic carbocycles. The largest absolute Gasteiger partial charge is 0.457 e. The Morgan fingerprint density at radius 2 is 1.89 bits per heavy atom. The summed E-state index contributed by atoms with van der Waals surface area (Å²) in [4.78, 5) is 0. The van der Waals surface area contributed by atoms with Gasteiger partial charge in [-0.2, -0.15) is 0 Å². The zero-order valence-corrected chi connectivity index (χ0v) is 12.2. The highest BCUT2D eigenvalue weighted by atomic mass is 79.9. The van der Waals surface area contributed by atoms with Crippen molar-refractivity contribution >= 4 is 15.9 Å². The van der Waals surface area contributed by atoms with Crippen LogP contribution in [0.25, 0.3) is 0 Å². The third kappa shape index (κ3) is 3.56. The van der Waals surface area contributed by atoms with Crippen LogP contribution in [-0.2, 0) is 6.61 Å². The smallest absolute Gasteiger partial charge is 0.132 e. The normalized spacial score (nSPS) is 12.2. The molecule has 0 saturated carbocycles. The lowest BCUT2D eigenvalue weighted by Gasteiger charge is -2.14. The van der Waals surface area contributed by atoms with Gasteiger partial charge in [0.2, 0.25) is 0 Å². The average molecular weight is 322 g/mol. The van der Waals surface area contributed by atoms with Crippen LogP contribution in [0.4, 0.5) is 0 Å². The number of aliphatic hydroxyl groups is 1. The van der Waals surface area contributed by atoms with Crippen molar-refractivity contribution in [3.8, 4) is 11.5 Å². The minimum atomic E-state index is -0.107. The second kappa shape index (κ2) is 6.19. The van der Waals surface area contributed by atoms with Crippen molar-refractivity contribution in [1.29, 1.82) is 0 Å². The first-order valence-corrected chi connectivity index (χ1v) is 6.82. The molecule has 0 amide bonds. The zero-order chi connectivity index (χ0) is 13.8. The highest BCUT2D eigenvalue weighted by Gasteiger charge is 2.09. The van der Waals surface area contributed by atoms with Crippen LogP contribution in [0.15, 0.2) is 46.9 Å². The molecular formula is C15H16BrNO2. The Morgan fingerprint density at radius 3 is 2.47 bits per heavy atom. The van der Waals surface area contributed by atoms with Crippen LogP contribution in [-0.4, -0.2) is 5.11 Å². The molecule has 0 aliphatic rings. The Balaban J connectivity index is 2.26. The molecule has 3 nitrogen and oxygen atoms in total. The summed E-state index contributed by atoms with van der Waals surface area (Å²) in [5.41, 5.74) is 7.75. The van der Waals surface area contributed by atoms with Gasteiger partial charge in [-0.15, -0.1) is 0 Å². The van der Waals surface area contributed by atoms with Crippen LogP contribution in [0.2, 0.25) is 0 Å². The molecule has 0 bridgehead atoms. The van der Waals surface area contributed by atoms with E-state index in [2.05, 4.69) is 15.9 Å². The van der Waals surface area contributed by atoms with Crippen molar-refractivity contribution in [3.63, 3.8) is 0 Å². The molecule has 0 spiro atoms. The van der Waals surface area contributed by atoms with E-state index in [1.165, 1.54) is 0 Å². The molecule has 2 rings (SSSR count). The highest BCUT2D eigenvalue weighted by molar-refractivity contribution is 9.10. The number of halogens is 1. The molecule has 1 unspecified atom stereocenters. The molecule has 0 aliphatic heterocycles. The van der Waals surface area contributed by atoms with Gasteiger partial charge in [0.1, 0.15) is 11.5 Å². The molecule has 1 atom stereocenters. The third-order valence-electron chi connectivity index (χ3n) is 2.80. The quantitative estimate of drug-likeness (QED) is 0.901. The molecule has 0 aromatic heterocycles. The summed E-state index contributed by atoms with van der Waals surface area (Å²) in [5.74, 6) is 1.47. The second-order valence-corrected chi connectivity index (χ2v) is 5.29. The lowest BCUT2D eigenvalue weighted by atomic mass is 10.1. The maximum Gasteiger partial charge on any atom is 0.132 e. The van der Waals surface area contributed by atoms with Crippen molar-refractivity contribution in [2.24, 2.45) is 5.73 Å². The molecule has 2 aromatic rings. The Bertz CT molecular complexity index is 553. The molecule has 4 heteroatoms. The van der Waals surface area contributed by atoms with Crippen molar-refractivity contribution in [2.75, 3.05) is 0 Å².